The predicted octanol–water partition coefficient (Wildman–Crippen LogP) is 1.40. The Morgan fingerprint density at radius 1 is 1.45 bits per heavy atom. The Morgan fingerprint density at radius 3 is 2.45 bits per heavy atom. The lowest BCUT2D eigenvalue weighted by molar-refractivity contribution is -0.136. The molecule has 1 radical (unpaired) electrons. The molecule has 1 aromatic rings. The molecule has 0 aliphatic heterocycles. The highest BCUT2D eigenvalue weighted by atomic mass is 35.5. The maximum atomic E-state index is 10.1. The highest BCUT2D eigenvalue weighted by molar-refractivity contribution is 5.85. The highest BCUT2D eigenvalue weighted by Crippen LogP contribution is 1.96. The average Bonchev–Trinajstić information content (AvgIpc) is 1.88. The summed E-state index contributed by atoms with van der Waals surface area (Å²) in [4.78, 5) is 13.9. The number of aliphatic carboxylic acids is 1. The molecule has 1 heterocycles. The number of aromatic nitrogens is 1. The van der Waals surface area contributed by atoms with E-state index in [0.29, 0.717) is 0 Å². The van der Waals surface area contributed by atoms with Gasteiger partial charge in [-0.3, -0.25) is 9.78 Å². The maximum Gasteiger partial charge on any atom is 0.307 e. The fourth-order valence-corrected chi connectivity index (χ4v) is 0.675. The minimum Gasteiger partial charge on any atom is -0.481 e. The molecule has 1 rings (SSSR count). The monoisotopic (exact) mass is 172 g/mol. The summed E-state index contributed by atoms with van der Waals surface area (Å²) in [6.07, 6.45) is 3.24. The lowest BCUT2D eigenvalue weighted by atomic mass is 10.2. The molecule has 0 saturated carbocycles. The van der Waals surface area contributed by atoms with Gasteiger partial charge in [-0.25, -0.2) is 0 Å². The van der Waals surface area contributed by atoms with Crippen molar-refractivity contribution < 1.29 is 9.90 Å². The van der Waals surface area contributed by atoms with Gasteiger partial charge in [0.25, 0.3) is 0 Å². The molecule has 4 heteroatoms. The Hall–Kier alpha value is -1.09. The number of nitrogens with zero attached hydrogens (tertiary/aromatic N) is 1. The number of carboxylic acids is 1. The van der Waals surface area contributed by atoms with E-state index in [9.17, 15) is 4.79 Å². The van der Waals surface area contributed by atoms with Crippen LogP contribution >= 0.6 is 12.4 Å². The third kappa shape index (κ3) is 3.57. The molecule has 1 aromatic heterocycles. The van der Waals surface area contributed by atoms with Crippen molar-refractivity contribution >= 4 is 18.4 Å². The van der Waals surface area contributed by atoms with Crippen LogP contribution in [-0.4, -0.2) is 16.1 Å². The lowest BCUT2D eigenvalue weighted by Gasteiger charge is -1.92. The summed E-state index contributed by atoms with van der Waals surface area (Å²) < 4.78 is 0. The van der Waals surface area contributed by atoms with Crippen LogP contribution in [0.2, 0.25) is 0 Å². The van der Waals surface area contributed by atoms with E-state index in [1.54, 1.807) is 24.5 Å². The van der Waals surface area contributed by atoms with Gasteiger partial charge in [-0.15, -0.1) is 0 Å². The molecule has 0 saturated heterocycles. The van der Waals surface area contributed by atoms with Crippen molar-refractivity contribution in [2.45, 2.75) is 6.42 Å². The molecule has 0 fully saturated rings. The number of hydrogen-bond donors (Lipinski definition) is 1. The van der Waals surface area contributed by atoms with Crippen LogP contribution in [0.4, 0.5) is 0 Å². The summed E-state index contributed by atoms with van der Waals surface area (Å²) in [7, 11) is 0. The van der Waals surface area contributed by atoms with Gasteiger partial charge >= 0.3 is 5.97 Å². The van der Waals surface area contributed by atoms with Crippen LogP contribution in [-0.2, 0) is 11.2 Å². The molecule has 0 aromatic carbocycles. The quantitative estimate of drug-likeness (QED) is 0.734. The zero-order valence-corrected chi connectivity index (χ0v) is 6.45. The van der Waals surface area contributed by atoms with E-state index in [4.69, 9.17) is 5.11 Å². The fourth-order valence-electron chi connectivity index (χ4n) is 0.675. The van der Waals surface area contributed by atoms with Crippen molar-refractivity contribution in [2.75, 3.05) is 0 Å². The van der Waals surface area contributed by atoms with E-state index < -0.39 is 5.97 Å². The van der Waals surface area contributed by atoms with Crippen LogP contribution in [0.15, 0.2) is 24.5 Å². The van der Waals surface area contributed by atoms with E-state index in [-0.39, 0.29) is 18.8 Å². The van der Waals surface area contributed by atoms with Gasteiger partial charge in [-0.05, 0) is 17.7 Å². The maximum absolute atomic E-state index is 10.1. The van der Waals surface area contributed by atoms with Crippen LogP contribution in [0.25, 0.3) is 0 Å². The van der Waals surface area contributed by atoms with Crippen molar-refractivity contribution in [1.29, 1.82) is 0 Å². The fraction of sp³-hybridized carbons (Fsp3) is 0.143. The van der Waals surface area contributed by atoms with E-state index in [0.717, 1.165) is 5.56 Å². The van der Waals surface area contributed by atoms with Crippen LogP contribution in [0.1, 0.15) is 5.56 Å². The van der Waals surface area contributed by atoms with Gasteiger partial charge in [0.1, 0.15) is 0 Å². The summed E-state index contributed by atoms with van der Waals surface area (Å²) in [6, 6.07) is 3.38. The summed E-state index contributed by atoms with van der Waals surface area (Å²) in [5.74, 6) is -0.814. The molecule has 11 heavy (non-hydrogen) atoms. The first-order valence-electron chi connectivity index (χ1n) is 2.90. The number of hydrogen-bond acceptors (Lipinski definition) is 2. The van der Waals surface area contributed by atoms with Crippen molar-refractivity contribution in [1.82, 2.24) is 4.98 Å². The minimum absolute atomic E-state index is 0. The number of pyridine rings is 1. The van der Waals surface area contributed by atoms with Crippen molar-refractivity contribution in [3.8, 4) is 0 Å². The van der Waals surface area contributed by atoms with E-state index in [1.807, 2.05) is 0 Å². The highest BCUT2D eigenvalue weighted by Gasteiger charge is 1.96. The Labute approximate surface area is 70.5 Å². The second kappa shape index (κ2) is 4.68. The number of carboxylic acid groups (broad SMARTS) is 1. The minimum atomic E-state index is -0.814. The second-order valence-corrected chi connectivity index (χ2v) is 1.93. The Kier molecular flexibility index (Phi) is 4.22. The zero-order chi connectivity index (χ0) is 7.40. The Bertz CT molecular complexity index is 225. The summed E-state index contributed by atoms with van der Waals surface area (Å²) in [5.41, 5.74) is 0.780. The Balaban J connectivity index is 0.000001000. The van der Waals surface area contributed by atoms with Crippen LogP contribution in [0.5, 0.6) is 0 Å². The van der Waals surface area contributed by atoms with E-state index >= 15 is 0 Å². The van der Waals surface area contributed by atoms with Crippen molar-refractivity contribution in [3.63, 3.8) is 0 Å². The van der Waals surface area contributed by atoms with Gasteiger partial charge < -0.3 is 5.11 Å². The number of rotatable bonds is 2. The van der Waals surface area contributed by atoms with Gasteiger partial charge in [-0.1, -0.05) is 0 Å². The van der Waals surface area contributed by atoms with Gasteiger partial charge in [0.15, 0.2) is 0 Å². The Morgan fingerprint density at radius 2 is 2.00 bits per heavy atom. The van der Waals surface area contributed by atoms with Crippen molar-refractivity contribution in [2.24, 2.45) is 0 Å². The van der Waals surface area contributed by atoms with Gasteiger partial charge in [0.05, 0.1) is 6.42 Å². The second-order valence-electron chi connectivity index (χ2n) is 1.93. The first-order valence-corrected chi connectivity index (χ1v) is 2.90. The van der Waals surface area contributed by atoms with Crippen molar-refractivity contribution in [3.05, 3.63) is 30.1 Å². The molecule has 0 aliphatic carbocycles. The number of carbonyl (C=O) groups is 1. The lowest BCUT2D eigenvalue weighted by Crippen LogP contribution is -1.99. The molecule has 59 valence electrons. The normalized spacial score (nSPS) is 8.36. The van der Waals surface area contributed by atoms with E-state index in [2.05, 4.69) is 4.98 Å². The van der Waals surface area contributed by atoms with Gasteiger partial charge in [0, 0.05) is 24.8 Å². The molecule has 0 aliphatic rings. The summed E-state index contributed by atoms with van der Waals surface area (Å²) >= 11 is 0. The molecule has 0 bridgehead atoms. The zero-order valence-electron chi connectivity index (χ0n) is 5.70. The summed E-state index contributed by atoms with van der Waals surface area (Å²) in [6.45, 7) is 0. The van der Waals surface area contributed by atoms with Crippen LogP contribution in [0, 0.1) is 0 Å². The molecule has 0 spiro atoms. The van der Waals surface area contributed by atoms with Gasteiger partial charge in [0.2, 0.25) is 0 Å². The third-order valence-corrected chi connectivity index (χ3v) is 1.10. The first-order chi connectivity index (χ1) is 4.79. The first kappa shape index (κ1) is 9.91. The van der Waals surface area contributed by atoms with Crippen LogP contribution in [0.3, 0.4) is 0 Å². The molecule has 0 amide bonds. The molecule has 0 atom stereocenters. The molecular formula is C7H7ClNO2. The topological polar surface area (TPSA) is 50.2 Å². The SMILES string of the molecule is O=C(O)Cc1ccncc1.[Cl]. The average molecular weight is 173 g/mol. The third-order valence-electron chi connectivity index (χ3n) is 1.10. The molecule has 3 nitrogen and oxygen atoms in total. The number of halogens is 1. The largest absolute Gasteiger partial charge is 0.481 e. The molecule has 0 unspecified atom stereocenters. The standard InChI is InChI=1S/C7H7NO2.Cl/c9-7(10)5-6-1-3-8-4-2-6;/h1-4H,5H2,(H,9,10);. The van der Waals surface area contributed by atoms with E-state index in [1.165, 1.54) is 0 Å². The smallest absolute Gasteiger partial charge is 0.307 e. The predicted molar refractivity (Wildman–Crippen MR) is 41.4 cm³/mol. The molecular weight excluding hydrogens is 166 g/mol. The summed E-state index contributed by atoms with van der Waals surface area (Å²) in [5, 5.41) is 8.35. The van der Waals surface area contributed by atoms with Crippen LogP contribution < -0.4 is 0 Å². The molecule has 1 N–H and O–H groups in total. The van der Waals surface area contributed by atoms with Gasteiger partial charge in [-0.2, -0.15) is 0 Å².